The van der Waals surface area contributed by atoms with Gasteiger partial charge in [0.15, 0.2) is 0 Å². The predicted molar refractivity (Wildman–Crippen MR) is 54.2 cm³/mol. The molecular weight excluding hydrogens is 146 g/mol. The third-order valence-electron chi connectivity index (χ3n) is 3.54. The van der Waals surface area contributed by atoms with Crippen molar-refractivity contribution in [1.82, 2.24) is 5.32 Å². The fourth-order valence-electron chi connectivity index (χ4n) is 2.79. The van der Waals surface area contributed by atoms with Gasteiger partial charge >= 0.3 is 0 Å². The van der Waals surface area contributed by atoms with Gasteiger partial charge in [-0.05, 0) is 37.1 Å². The van der Waals surface area contributed by atoms with Crippen molar-refractivity contribution in [3.8, 4) is 0 Å². The minimum absolute atomic E-state index is 0.491. The highest BCUT2D eigenvalue weighted by atomic mass is 14.9. The van der Waals surface area contributed by atoms with Crippen molar-refractivity contribution in [3.05, 3.63) is 0 Å². The second-order valence-corrected chi connectivity index (χ2v) is 5.30. The first-order valence-electron chi connectivity index (χ1n) is 5.14. The van der Waals surface area contributed by atoms with Gasteiger partial charge in [-0.15, -0.1) is 0 Å². The zero-order valence-electron chi connectivity index (χ0n) is 9.15. The molecule has 1 nitrogen and oxygen atoms in total. The van der Waals surface area contributed by atoms with E-state index in [0.717, 1.165) is 17.9 Å². The van der Waals surface area contributed by atoms with Crippen LogP contribution in [0.3, 0.4) is 0 Å². The second-order valence-electron chi connectivity index (χ2n) is 5.30. The first-order chi connectivity index (χ1) is 5.46. The van der Waals surface area contributed by atoms with Crippen molar-refractivity contribution < 1.29 is 0 Å². The molecule has 1 N–H and O–H groups in total. The SMILES string of the molecule is CNC1CCC(C(C)(C)C)C1C. The van der Waals surface area contributed by atoms with Gasteiger partial charge in [0.2, 0.25) is 0 Å². The van der Waals surface area contributed by atoms with Gasteiger partial charge in [0.1, 0.15) is 0 Å². The molecule has 0 aliphatic heterocycles. The van der Waals surface area contributed by atoms with Gasteiger partial charge < -0.3 is 5.32 Å². The molecule has 1 fully saturated rings. The molecule has 0 saturated heterocycles. The average molecular weight is 169 g/mol. The Kier molecular flexibility index (Phi) is 2.82. The number of hydrogen-bond acceptors (Lipinski definition) is 1. The molecule has 0 bridgehead atoms. The highest BCUT2D eigenvalue weighted by Gasteiger charge is 2.38. The van der Waals surface area contributed by atoms with Crippen LogP contribution in [0.25, 0.3) is 0 Å². The lowest BCUT2D eigenvalue weighted by atomic mass is 9.75. The van der Waals surface area contributed by atoms with Crippen LogP contribution >= 0.6 is 0 Å². The molecule has 1 saturated carbocycles. The fraction of sp³-hybridized carbons (Fsp3) is 1.00. The summed E-state index contributed by atoms with van der Waals surface area (Å²) in [6.07, 6.45) is 2.76. The molecule has 72 valence electrons. The standard InChI is InChI=1S/C11H23N/c1-8-9(11(2,3)4)6-7-10(8)12-5/h8-10,12H,6-7H2,1-5H3. The van der Waals surface area contributed by atoms with E-state index in [2.05, 4.69) is 40.1 Å². The summed E-state index contributed by atoms with van der Waals surface area (Å²) >= 11 is 0. The van der Waals surface area contributed by atoms with Gasteiger partial charge in [-0.3, -0.25) is 0 Å². The number of rotatable bonds is 1. The molecule has 1 rings (SSSR count). The highest BCUT2D eigenvalue weighted by Crippen LogP contribution is 2.42. The van der Waals surface area contributed by atoms with Crippen molar-refractivity contribution >= 4 is 0 Å². The average Bonchev–Trinajstić information content (AvgIpc) is 2.29. The molecule has 0 aromatic carbocycles. The Morgan fingerprint density at radius 2 is 1.75 bits per heavy atom. The van der Waals surface area contributed by atoms with E-state index in [0.29, 0.717) is 5.41 Å². The van der Waals surface area contributed by atoms with Gasteiger partial charge in [0, 0.05) is 6.04 Å². The minimum Gasteiger partial charge on any atom is -0.317 e. The summed E-state index contributed by atoms with van der Waals surface area (Å²) in [6.45, 7) is 9.49. The summed E-state index contributed by atoms with van der Waals surface area (Å²) in [4.78, 5) is 0. The molecule has 0 aromatic heterocycles. The van der Waals surface area contributed by atoms with E-state index in [1.54, 1.807) is 0 Å². The molecule has 1 aliphatic rings. The first kappa shape index (κ1) is 10.0. The van der Waals surface area contributed by atoms with Crippen molar-refractivity contribution in [1.29, 1.82) is 0 Å². The quantitative estimate of drug-likeness (QED) is 0.636. The molecule has 0 amide bonds. The largest absolute Gasteiger partial charge is 0.317 e. The number of nitrogens with one attached hydrogen (secondary N) is 1. The third-order valence-corrected chi connectivity index (χ3v) is 3.54. The summed E-state index contributed by atoms with van der Waals surface area (Å²) in [7, 11) is 2.09. The summed E-state index contributed by atoms with van der Waals surface area (Å²) in [5.41, 5.74) is 0.491. The monoisotopic (exact) mass is 169 g/mol. The molecule has 3 atom stereocenters. The Balaban J connectivity index is 2.61. The van der Waals surface area contributed by atoms with Crippen LogP contribution in [0.4, 0.5) is 0 Å². The summed E-state index contributed by atoms with van der Waals surface area (Å²) in [6, 6.07) is 0.759. The van der Waals surface area contributed by atoms with Crippen molar-refractivity contribution in [3.63, 3.8) is 0 Å². The van der Waals surface area contributed by atoms with Crippen molar-refractivity contribution in [2.24, 2.45) is 17.3 Å². The Hall–Kier alpha value is -0.0400. The van der Waals surface area contributed by atoms with Crippen LogP contribution < -0.4 is 5.32 Å². The second kappa shape index (κ2) is 3.37. The topological polar surface area (TPSA) is 12.0 Å². The van der Waals surface area contributed by atoms with Crippen LogP contribution in [0.5, 0.6) is 0 Å². The highest BCUT2D eigenvalue weighted by molar-refractivity contribution is 4.91. The van der Waals surface area contributed by atoms with Crippen LogP contribution in [0.15, 0.2) is 0 Å². The Labute approximate surface area is 76.9 Å². The third kappa shape index (κ3) is 1.82. The van der Waals surface area contributed by atoms with Gasteiger partial charge in [-0.1, -0.05) is 27.7 Å². The van der Waals surface area contributed by atoms with E-state index in [1.807, 2.05) is 0 Å². The lowest BCUT2D eigenvalue weighted by Crippen LogP contribution is -2.33. The molecule has 1 heteroatoms. The Bertz CT molecular complexity index is 146. The zero-order chi connectivity index (χ0) is 9.35. The maximum atomic E-state index is 3.42. The van der Waals surface area contributed by atoms with Crippen molar-refractivity contribution in [2.75, 3.05) is 7.05 Å². The lowest BCUT2D eigenvalue weighted by molar-refractivity contribution is 0.185. The molecule has 1 aliphatic carbocycles. The van der Waals surface area contributed by atoms with E-state index in [9.17, 15) is 0 Å². The van der Waals surface area contributed by atoms with Crippen molar-refractivity contribution in [2.45, 2.75) is 46.6 Å². The van der Waals surface area contributed by atoms with E-state index in [4.69, 9.17) is 0 Å². The zero-order valence-corrected chi connectivity index (χ0v) is 9.15. The summed E-state index contributed by atoms with van der Waals surface area (Å²) in [5, 5.41) is 3.42. The molecule has 12 heavy (non-hydrogen) atoms. The summed E-state index contributed by atoms with van der Waals surface area (Å²) in [5.74, 6) is 1.74. The van der Waals surface area contributed by atoms with E-state index < -0.39 is 0 Å². The normalized spacial score (nSPS) is 37.2. The maximum Gasteiger partial charge on any atom is 0.00926 e. The van der Waals surface area contributed by atoms with Crippen LogP contribution in [0, 0.1) is 17.3 Å². The molecule has 0 aromatic rings. The van der Waals surface area contributed by atoms with Gasteiger partial charge in [0.25, 0.3) is 0 Å². The lowest BCUT2D eigenvalue weighted by Gasteiger charge is -2.32. The van der Waals surface area contributed by atoms with Crippen LogP contribution in [-0.4, -0.2) is 13.1 Å². The smallest absolute Gasteiger partial charge is 0.00926 e. The van der Waals surface area contributed by atoms with Crippen LogP contribution in [0.1, 0.15) is 40.5 Å². The molecule has 0 spiro atoms. The molecule has 3 unspecified atom stereocenters. The Morgan fingerprint density at radius 1 is 1.17 bits per heavy atom. The molecule has 0 radical (unpaired) electrons. The first-order valence-corrected chi connectivity index (χ1v) is 5.14. The fourth-order valence-corrected chi connectivity index (χ4v) is 2.79. The number of hydrogen-bond donors (Lipinski definition) is 1. The van der Waals surface area contributed by atoms with Gasteiger partial charge in [-0.2, -0.15) is 0 Å². The summed E-state index contributed by atoms with van der Waals surface area (Å²) < 4.78 is 0. The van der Waals surface area contributed by atoms with Gasteiger partial charge in [0.05, 0.1) is 0 Å². The van der Waals surface area contributed by atoms with E-state index in [1.165, 1.54) is 12.8 Å². The Morgan fingerprint density at radius 3 is 2.00 bits per heavy atom. The minimum atomic E-state index is 0.491. The van der Waals surface area contributed by atoms with E-state index in [-0.39, 0.29) is 0 Å². The maximum absolute atomic E-state index is 3.42. The van der Waals surface area contributed by atoms with Gasteiger partial charge in [-0.25, -0.2) is 0 Å². The molecule has 0 heterocycles. The predicted octanol–water partition coefficient (Wildman–Crippen LogP) is 2.67. The van der Waals surface area contributed by atoms with Crippen LogP contribution in [0.2, 0.25) is 0 Å². The van der Waals surface area contributed by atoms with E-state index >= 15 is 0 Å². The molecular formula is C11H23N. The van der Waals surface area contributed by atoms with Crippen LogP contribution in [-0.2, 0) is 0 Å².